The van der Waals surface area contributed by atoms with Gasteiger partial charge in [-0.1, -0.05) is 146 Å². The number of esters is 4. The van der Waals surface area contributed by atoms with Crippen LogP contribution in [0.5, 0.6) is 0 Å². The molecule has 8 aliphatic rings. The van der Waals surface area contributed by atoms with Crippen LogP contribution in [0.25, 0.3) is 0 Å². The topological polar surface area (TPSA) is 332 Å². The molecule has 0 saturated carbocycles. The van der Waals surface area contributed by atoms with Gasteiger partial charge in [0.25, 0.3) is 0 Å². The fourth-order valence-corrected chi connectivity index (χ4v) is 11.8. The molecule has 8 atom stereocenters. The summed E-state index contributed by atoms with van der Waals surface area (Å²) >= 11 is 0. The van der Waals surface area contributed by atoms with E-state index in [4.69, 9.17) is 43.0 Å². The Balaban J connectivity index is 0.000000153. The molecule has 8 saturated heterocycles. The number of fused-ring (bicyclic) bond motifs is 4. The van der Waals surface area contributed by atoms with Gasteiger partial charge < -0.3 is 48.1 Å². The zero-order chi connectivity index (χ0) is 70.3. The first-order valence-electron chi connectivity index (χ1n) is 30.8. The maximum absolute atomic E-state index is 12.9. The number of ether oxygens (including phenoxy) is 8. The van der Waals surface area contributed by atoms with Crippen molar-refractivity contribution in [1.29, 1.82) is 0 Å². The van der Waals surface area contributed by atoms with E-state index >= 15 is 0 Å². The third kappa shape index (κ3) is 14.6. The van der Waals surface area contributed by atoms with Crippen LogP contribution in [0.3, 0.4) is 0 Å². The first-order valence-corrected chi connectivity index (χ1v) is 30.8. The smallest absolute Gasteiger partial charge is 0.340 e. The molecule has 26 nitrogen and oxygen atoms in total. The molecular weight excluding hydrogens is 1270 g/mol. The number of β-lactam (4-membered cyclic amide) rings is 4. The number of carbonyl (C=O) groups excluding carboxylic acids is 10. The summed E-state index contributed by atoms with van der Waals surface area (Å²) in [6.45, 7) is 14.6. The van der Waals surface area contributed by atoms with Crippen LogP contribution >= 0.6 is 0 Å². The van der Waals surface area contributed by atoms with Crippen LogP contribution in [0.4, 0.5) is 0 Å². The number of carboxylic acids is 2. The number of rotatable bonds is 24. The van der Waals surface area contributed by atoms with Crippen molar-refractivity contribution in [3.63, 3.8) is 0 Å². The van der Waals surface area contributed by atoms with E-state index in [1.54, 1.807) is 30.3 Å². The van der Waals surface area contributed by atoms with Crippen molar-refractivity contribution < 1.29 is 106 Å². The van der Waals surface area contributed by atoms with Crippen LogP contribution < -0.4 is 0 Å². The van der Waals surface area contributed by atoms with Crippen LogP contribution in [0, 0.1) is 0 Å². The lowest BCUT2D eigenvalue weighted by molar-refractivity contribution is -0.174. The molecule has 4 aromatic rings. The van der Waals surface area contributed by atoms with Gasteiger partial charge in [0, 0.05) is 30.9 Å². The van der Waals surface area contributed by atoms with E-state index < -0.39 is 83.9 Å². The largest absolute Gasteiger partial charge is 0.478 e. The fraction of sp³-hybridized carbons (Fsp3) is 0.278. The predicted molar refractivity (Wildman–Crippen MR) is 340 cm³/mol. The van der Waals surface area contributed by atoms with Gasteiger partial charge in [-0.25, -0.2) is 28.8 Å². The standard InChI is InChI=1S/2C18H17NO6.2C18H17NO5/c1-2-8-18(17(23)24-11-12-6-4-3-5-7-12)13(9-16(21)22)25-15-10-14(20)19(15)18;1-2-6-12(17(21)22)16-15(19-13(20)9-14(19)25-16)18(23)24-10-11-7-4-3-5-8-11;1-2-9-18(17(22)23-12-13-6-4-3-5-7-13)14(8-10-20)24-16-11-15(21)19(16)18;1-2-6-13(10-20)17-16(19-14(21)9-15(19)24-17)18(22)23-11-12-7-4-3-5-8-12/h2-7,9,15H,1,8,10-11H2,(H,21,22);2-5,7-8,14-15H,1,6,9-10H2,(H,21,22);2-8,10,16H,1,9,11-12H2;2-5,7-8,10,15-16H,1,6,9,11H2/b13-9-;16-12+;14-8-;17-13+/t15-,18?;14-,15?;16-,18?;15-,16?/m1111/s1. The van der Waals surface area contributed by atoms with Crippen molar-refractivity contribution in [2.75, 3.05) is 0 Å². The van der Waals surface area contributed by atoms with Crippen molar-refractivity contribution in [1.82, 2.24) is 19.6 Å². The number of hydrogen-bond acceptors (Lipinski definition) is 20. The number of hydrogen-bond donors (Lipinski definition) is 2. The average Bonchev–Trinajstić information content (AvgIpc) is 1.58. The molecule has 4 amide bonds. The maximum atomic E-state index is 12.9. The molecule has 12 rings (SSSR count). The zero-order valence-corrected chi connectivity index (χ0v) is 52.8. The molecule has 0 aromatic heterocycles. The highest BCUT2D eigenvalue weighted by Crippen LogP contribution is 2.49. The lowest BCUT2D eigenvalue weighted by Crippen LogP contribution is -2.63. The molecule has 8 fully saturated rings. The monoisotopic (exact) mass is 1340 g/mol. The third-order valence-electron chi connectivity index (χ3n) is 16.5. The van der Waals surface area contributed by atoms with Gasteiger partial charge in [-0.15, -0.1) is 26.3 Å². The van der Waals surface area contributed by atoms with Crippen molar-refractivity contribution >= 4 is 72.0 Å². The van der Waals surface area contributed by atoms with E-state index in [9.17, 15) is 62.6 Å². The Bertz CT molecular complexity index is 3940. The van der Waals surface area contributed by atoms with Crippen molar-refractivity contribution in [3.05, 3.63) is 241 Å². The molecule has 8 heterocycles. The third-order valence-corrected chi connectivity index (χ3v) is 16.5. The number of carboxylic acid groups (broad SMARTS) is 2. The first-order chi connectivity index (χ1) is 47.3. The number of carbonyl (C=O) groups is 12. The average molecular weight is 1340 g/mol. The summed E-state index contributed by atoms with van der Waals surface area (Å²) in [7, 11) is 0. The van der Waals surface area contributed by atoms with Gasteiger partial charge in [0.2, 0.25) is 34.7 Å². The normalized spacial score (nSPS) is 24.7. The highest BCUT2D eigenvalue weighted by Gasteiger charge is 2.66. The molecule has 2 N–H and O–H groups in total. The van der Waals surface area contributed by atoms with Crippen molar-refractivity contribution in [3.8, 4) is 0 Å². The van der Waals surface area contributed by atoms with Crippen LogP contribution in [-0.2, 0) is 122 Å². The van der Waals surface area contributed by atoms with Gasteiger partial charge in [0.05, 0.1) is 37.3 Å². The number of nitrogens with zero attached hydrogens (tertiary/aromatic N) is 4. The van der Waals surface area contributed by atoms with Crippen LogP contribution in [0.1, 0.15) is 73.6 Å². The minimum absolute atomic E-state index is 0.00196. The Morgan fingerprint density at radius 2 is 0.857 bits per heavy atom. The maximum Gasteiger partial charge on any atom is 0.340 e. The molecule has 0 spiro atoms. The number of benzene rings is 4. The van der Waals surface area contributed by atoms with Crippen LogP contribution in [-0.4, -0.2) is 150 Å². The minimum atomic E-state index is -1.62. The minimum Gasteiger partial charge on any atom is -0.478 e. The zero-order valence-electron chi connectivity index (χ0n) is 52.8. The Labute approximate surface area is 561 Å². The van der Waals surface area contributed by atoms with Gasteiger partial charge in [0.1, 0.15) is 62.0 Å². The molecule has 4 unspecified atom stereocenters. The predicted octanol–water partition coefficient (Wildman–Crippen LogP) is 6.64. The van der Waals surface area contributed by atoms with E-state index in [1.165, 1.54) is 43.9 Å². The Hall–Kier alpha value is -12.0. The molecule has 0 aliphatic carbocycles. The fourth-order valence-electron chi connectivity index (χ4n) is 11.8. The van der Waals surface area contributed by atoms with Gasteiger partial charge >= 0.3 is 35.8 Å². The van der Waals surface area contributed by atoms with Crippen molar-refractivity contribution in [2.24, 2.45) is 0 Å². The Morgan fingerprint density at radius 1 is 0.480 bits per heavy atom. The van der Waals surface area contributed by atoms with Crippen LogP contribution in [0.15, 0.2) is 218 Å². The lowest BCUT2D eigenvalue weighted by Gasteiger charge is -2.40. The molecule has 26 heteroatoms. The SMILES string of the molecule is C=CC/C(C(=O)O)=C1\O[C@@H]2CC(=O)N2C1C(=O)OCc1ccccc1.C=CC/C(C=O)=C1\O[C@@H]2CC(=O)N2C1C(=O)OCc1ccccc1.C=CCC1(C(=O)OCc2ccccc2)/C(=C/C(=O)O)O[C@@H]2CC(=O)N21.C=CCC1(C(=O)OCc2ccccc2)/C(=C/C=O)O[C@@H]2CC(=O)N21. The Kier molecular flexibility index (Phi) is 22.6. The molecule has 0 bridgehead atoms. The molecular formula is C72H68N4O22. The van der Waals surface area contributed by atoms with Gasteiger partial charge in [0.15, 0.2) is 37.0 Å². The molecule has 508 valence electrons. The van der Waals surface area contributed by atoms with Crippen molar-refractivity contribution in [2.45, 2.75) is 126 Å². The van der Waals surface area contributed by atoms with E-state index in [-0.39, 0.29) is 130 Å². The van der Waals surface area contributed by atoms with Gasteiger partial charge in [-0.05, 0) is 28.7 Å². The summed E-state index contributed by atoms with van der Waals surface area (Å²) in [5.41, 5.74) is 0.365. The number of aldehydes is 2. The van der Waals surface area contributed by atoms with Gasteiger partial charge in [-0.2, -0.15) is 0 Å². The summed E-state index contributed by atoms with van der Waals surface area (Å²) in [6, 6.07) is 34.4. The van der Waals surface area contributed by atoms with Gasteiger partial charge in [-0.3, -0.25) is 48.4 Å². The highest BCUT2D eigenvalue weighted by molar-refractivity contribution is 5.99. The molecule has 98 heavy (non-hydrogen) atoms. The first kappa shape index (κ1) is 70.4. The van der Waals surface area contributed by atoms with Crippen LogP contribution in [0.2, 0.25) is 0 Å². The molecule has 4 aromatic carbocycles. The van der Waals surface area contributed by atoms with E-state index in [2.05, 4.69) is 26.3 Å². The summed E-state index contributed by atoms with van der Waals surface area (Å²) in [5, 5.41) is 18.5. The summed E-state index contributed by atoms with van der Waals surface area (Å²) in [4.78, 5) is 149. The second-order valence-corrected chi connectivity index (χ2v) is 22.7. The highest BCUT2D eigenvalue weighted by atomic mass is 16.6. The van der Waals surface area contributed by atoms with E-state index in [0.717, 1.165) is 28.3 Å². The second kappa shape index (κ2) is 31.5. The quantitative estimate of drug-likeness (QED) is 0.0185. The summed E-state index contributed by atoms with van der Waals surface area (Å²) in [6.07, 6.45) is 7.73. The lowest BCUT2D eigenvalue weighted by atomic mass is 9.88. The summed E-state index contributed by atoms with van der Waals surface area (Å²) < 4.78 is 43.7. The summed E-state index contributed by atoms with van der Waals surface area (Å²) in [5.74, 6) is -5.96. The Morgan fingerprint density at radius 3 is 1.21 bits per heavy atom. The second-order valence-electron chi connectivity index (χ2n) is 22.7. The number of aliphatic carboxylic acids is 2. The number of amides is 4. The molecule has 8 aliphatic heterocycles. The van der Waals surface area contributed by atoms with E-state index in [0.29, 0.717) is 18.1 Å². The molecule has 0 radical (unpaired) electrons. The number of allylic oxidation sites excluding steroid dienone is 4. The van der Waals surface area contributed by atoms with E-state index in [1.807, 2.05) is 97.1 Å².